The number of carbonyl (C=O) groups excluding carboxylic acids is 1. The van der Waals surface area contributed by atoms with Crippen LogP contribution in [-0.2, 0) is 11.2 Å². The fraction of sp³-hybridized carbons (Fsp3) is 0.0769. The van der Waals surface area contributed by atoms with E-state index in [1.165, 1.54) is 6.21 Å². The summed E-state index contributed by atoms with van der Waals surface area (Å²) < 4.78 is 6.04. The highest BCUT2D eigenvalue weighted by molar-refractivity contribution is 14.1. The third-order valence-electron chi connectivity index (χ3n) is 2.25. The van der Waals surface area contributed by atoms with Crippen LogP contribution in [0.3, 0.4) is 0 Å². The molecule has 0 unspecified atom stereocenters. The summed E-state index contributed by atoms with van der Waals surface area (Å²) in [7, 11) is 0. The quantitative estimate of drug-likeness (QED) is 0.497. The highest BCUT2D eigenvalue weighted by Gasteiger charge is 2.02. The van der Waals surface area contributed by atoms with Crippen molar-refractivity contribution in [2.75, 3.05) is 0 Å². The molecule has 0 atom stereocenters. The van der Waals surface area contributed by atoms with Crippen LogP contribution in [0.1, 0.15) is 11.3 Å². The minimum absolute atomic E-state index is 0.195. The zero-order valence-electron chi connectivity index (χ0n) is 9.77. The number of halogens is 2. The number of nitrogens with zero attached hydrogens (tertiary/aromatic N) is 1. The Bertz CT molecular complexity index is 593. The topological polar surface area (TPSA) is 54.6 Å². The number of benzene rings is 1. The second kappa shape index (κ2) is 6.72. The van der Waals surface area contributed by atoms with E-state index >= 15 is 0 Å². The summed E-state index contributed by atoms with van der Waals surface area (Å²) in [6, 6.07) is 10.7. The number of nitrogens with one attached hydrogen (secondary N) is 1. The van der Waals surface area contributed by atoms with Gasteiger partial charge in [0.1, 0.15) is 5.76 Å². The van der Waals surface area contributed by atoms with E-state index in [0.717, 1.165) is 9.33 Å². The van der Waals surface area contributed by atoms with Gasteiger partial charge in [-0.05, 0) is 52.4 Å². The summed E-state index contributed by atoms with van der Waals surface area (Å²) >= 11 is 7.82. The van der Waals surface area contributed by atoms with Crippen LogP contribution in [0.4, 0.5) is 0 Å². The molecule has 4 nitrogen and oxygen atoms in total. The van der Waals surface area contributed by atoms with Crippen LogP contribution in [-0.4, -0.2) is 12.1 Å². The first-order chi connectivity index (χ1) is 9.13. The van der Waals surface area contributed by atoms with E-state index in [0.29, 0.717) is 10.8 Å². The molecule has 0 aliphatic rings. The van der Waals surface area contributed by atoms with E-state index in [1.807, 2.05) is 6.07 Å². The van der Waals surface area contributed by atoms with Gasteiger partial charge in [-0.2, -0.15) is 5.10 Å². The van der Waals surface area contributed by atoms with Gasteiger partial charge >= 0.3 is 0 Å². The zero-order chi connectivity index (χ0) is 13.7. The van der Waals surface area contributed by atoms with E-state index in [4.69, 9.17) is 16.0 Å². The van der Waals surface area contributed by atoms with Crippen molar-refractivity contribution in [3.05, 3.63) is 56.5 Å². The van der Waals surface area contributed by atoms with Gasteiger partial charge in [-0.1, -0.05) is 23.7 Å². The Hall–Kier alpha value is -1.34. The normalized spacial score (nSPS) is 10.8. The lowest BCUT2D eigenvalue weighted by Crippen LogP contribution is -2.19. The van der Waals surface area contributed by atoms with Gasteiger partial charge < -0.3 is 4.42 Å². The van der Waals surface area contributed by atoms with Gasteiger partial charge in [0.15, 0.2) is 3.77 Å². The molecule has 1 aromatic carbocycles. The molecular weight excluding hydrogens is 379 g/mol. The molecule has 1 heterocycles. The molecule has 6 heteroatoms. The Morgan fingerprint density at radius 2 is 2.05 bits per heavy atom. The van der Waals surface area contributed by atoms with E-state index < -0.39 is 0 Å². The molecule has 1 aromatic heterocycles. The fourth-order valence-electron chi connectivity index (χ4n) is 1.39. The van der Waals surface area contributed by atoms with Gasteiger partial charge in [0.25, 0.3) is 0 Å². The summed E-state index contributed by atoms with van der Waals surface area (Å²) in [5.41, 5.74) is 3.32. The van der Waals surface area contributed by atoms with Gasteiger partial charge in [-0.3, -0.25) is 4.79 Å². The van der Waals surface area contributed by atoms with Crippen molar-refractivity contribution in [1.29, 1.82) is 0 Å². The SMILES string of the molecule is O=C(Cc1ccc(Cl)cc1)N/N=C\c1ccc(I)o1. The molecule has 0 saturated heterocycles. The zero-order valence-corrected chi connectivity index (χ0v) is 12.7. The number of hydrogen-bond donors (Lipinski definition) is 1. The summed E-state index contributed by atoms with van der Waals surface area (Å²) in [6.07, 6.45) is 1.71. The predicted octanol–water partition coefficient (Wildman–Crippen LogP) is 3.23. The van der Waals surface area contributed by atoms with Crippen molar-refractivity contribution in [3.63, 3.8) is 0 Å². The van der Waals surface area contributed by atoms with Crippen LogP contribution < -0.4 is 5.43 Å². The van der Waals surface area contributed by atoms with Crippen LogP contribution in [0.5, 0.6) is 0 Å². The number of carbonyl (C=O) groups is 1. The Kier molecular flexibility index (Phi) is 4.98. The molecule has 0 saturated carbocycles. The summed E-state index contributed by atoms with van der Waals surface area (Å²) in [5.74, 6) is 0.399. The van der Waals surface area contributed by atoms with Crippen molar-refractivity contribution in [2.24, 2.45) is 5.10 Å². The Balaban J connectivity index is 1.84. The maximum Gasteiger partial charge on any atom is 0.244 e. The molecule has 1 amide bonds. The molecule has 0 spiro atoms. The Labute approximate surface area is 129 Å². The third kappa shape index (κ3) is 4.68. The monoisotopic (exact) mass is 388 g/mol. The van der Waals surface area contributed by atoms with Crippen LogP contribution in [0, 0.1) is 3.77 Å². The molecule has 19 heavy (non-hydrogen) atoms. The van der Waals surface area contributed by atoms with E-state index in [1.54, 1.807) is 30.3 Å². The Morgan fingerprint density at radius 1 is 1.32 bits per heavy atom. The largest absolute Gasteiger partial charge is 0.449 e. The van der Waals surface area contributed by atoms with E-state index in [-0.39, 0.29) is 12.3 Å². The lowest BCUT2D eigenvalue weighted by molar-refractivity contribution is -0.120. The van der Waals surface area contributed by atoms with Crippen LogP contribution in [0.15, 0.2) is 45.9 Å². The molecule has 0 aliphatic carbocycles. The summed E-state index contributed by atoms with van der Waals surface area (Å²) in [4.78, 5) is 11.6. The second-order valence-corrected chi connectivity index (χ2v) is 5.24. The molecule has 2 aromatic rings. The maximum atomic E-state index is 11.6. The maximum absolute atomic E-state index is 11.6. The smallest absolute Gasteiger partial charge is 0.244 e. The van der Waals surface area contributed by atoms with Gasteiger partial charge in [0.2, 0.25) is 5.91 Å². The van der Waals surface area contributed by atoms with Gasteiger partial charge in [0, 0.05) is 5.02 Å². The van der Waals surface area contributed by atoms with Gasteiger partial charge in [-0.25, -0.2) is 5.43 Å². The predicted molar refractivity (Wildman–Crippen MR) is 82.3 cm³/mol. The standard InChI is InChI=1S/C13H10ClIN2O2/c14-10-3-1-9(2-4-10)7-13(18)17-16-8-11-5-6-12(15)19-11/h1-6,8H,7H2,(H,17,18)/b16-8-. The van der Waals surface area contributed by atoms with Crippen molar-refractivity contribution >= 4 is 46.3 Å². The molecule has 0 bridgehead atoms. The van der Waals surface area contributed by atoms with Gasteiger partial charge in [0.05, 0.1) is 12.6 Å². The lowest BCUT2D eigenvalue weighted by Gasteiger charge is -2.00. The molecule has 2 rings (SSSR count). The lowest BCUT2D eigenvalue weighted by atomic mass is 10.1. The summed E-state index contributed by atoms with van der Waals surface area (Å²) in [5, 5.41) is 4.47. The molecule has 0 fully saturated rings. The highest BCUT2D eigenvalue weighted by Crippen LogP contribution is 2.10. The fourth-order valence-corrected chi connectivity index (χ4v) is 1.95. The second-order valence-electron chi connectivity index (χ2n) is 3.74. The van der Waals surface area contributed by atoms with Crippen LogP contribution >= 0.6 is 34.2 Å². The van der Waals surface area contributed by atoms with E-state index in [9.17, 15) is 4.79 Å². The first-order valence-corrected chi connectivity index (χ1v) is 6.91. The van der Waals surface area contributed by atoms with Crippen molar-refractivity contribution < 1.29 is 9.21 Å². The number of rotatable bonds is 4. The first-order valence-electron chi connectivity index (χ1n) is 5.45. The summed E-state index contributed by atoms with van der Waals surface area (Å²) in [6.45, 7) is 0. The highest BCUT2D eigenvalue weighted by atomic mass is 127. The van der Waals surface area contributed by atoms with Gasteiger partial charge in [-0.15, -0.1) is 0 Å². The minimum Gasteiger partial charge on any atom is -0.449 e. The average molecular weight is 389 g/mol. The minimum atomic E-state index is -0.195. The average Bonchev–Trinajstić information content (AvgIpc) is 2.78. The molecule has 0 radical (unpaired) electrons. The number of hydrazone groups is 1. The molecule has 98 valence electrons. The third-order valence-corrected chi connectivity index (χ3v) is 3.08. The first kappa shape index (κ1) is 14.1. The molecule has 0 aliphatic heterocycles. The number of hydrogen-bond acceptors (Lipinski definition) is 3. The number of amides is 1. The van der Waals surface area contributed by atoms with E-state index in [2.05, 4.69) is 33.1 Å². The van der Waals surface area contributed by atoms with Crippen LogP contribution in [0.25, 0.3) is 0 Å². The molecular formula is C13H10ClIN2O2. The van der Waals surface area contributed by atoms with Crippen molar-refractivity contribution in [3.8, 4) is 0 Å². The van der Waals surface area contributed by atoms with Crippen LogP contribution in [0.2, 0.25) is 5.02 Å². The van der Waals surface area contributed by atoms with Crippen molar-refractivity contribution in [2.45, 2.75) is 6.42 Å². The number of furan rings is 1. The Morgan fingerprint density at radius 3 is 2.68 bits per heavy atom. The molecule has 1 N–H and O–H groups in total. The van der Waals surface area contributed by atoms with Crippen molar-refractivity contribution in [1.82, 2.24) is 5.43 Å².